The molecule has 1 nitrogen and oxygen atoms in total. The number of hydrogen-bond acceptors (Lipinski definition) is 1. The van der Waals surface area contributed by atoms with E-state index in [0.29, 0.717) is 12.0 Å². The molecule has 0 unspecified atom stereocenters. The quantitative estimate of drug-likeness (QED) is 0.737. The summed E-state index contributed by atoms with van der Waals surface area (Å²) in [5, 5.41) is 0. The van der Waals surface area contributed by atoms with Gasteiger partial charge in [0.1, 0.15) is 5.75 Å². The summed E-state index contributed by atoms with van der Waals surface area (Å²) in [6, 6.07) is 6.69. The monoisotopic (exact) mass is 232 g/mol. The van der Waals surface area contributed by atoms with Gasteiger partial charge in [-0.1, -0.05) is 46.8 Å². The lowest BCUT2D eigenvalue weighted by molar-refractivity contribution is 0.294. The van der Waals surface area contributed by atoms with E-state index < -0.39 is 0 Å². The molecular weight excluding hydrogens is 208 g/mol. The Labute approximate surface area is 105 Å². The molecule has 0 bridgehead atoms. The largest absolute Gasteiger partial charge is 0.490 e. The molecule has 0 aromatic heterocycles. The molecule has 0 radical (unpaired) electrons. The van der Waals surface area contributed by atoms with Crippen molar-refractivity contribution in [3.63, 3.8) is 0 Å². The zero-order chi connectivity index (χ0) is 12.6. The number of benzene rings is 1. The first kappa shape index (κ1) is 12.5. The van der Waals surface area contributed by atoms with Crippen molar-refractivity contribution in [3.05, 3.63) is 29.3 Å². The molecule has 1 aromatic carbocycles. The van der Waals surface area contributed by atoms with Crippen LogP contribution in [0.4, 0.5) is 0 Å². The van der Waals surface area contributed by atoms with Crippen LogP contribution in [0, 0.1) is 0 Å². The molecule has 1 aliphatic carbocycles. The first-order valence-electron chi connectivity index (χ1n) is 6.69. The third-order valence-corrected chi connectivity index (χ3v) is 3.30. The van der Waals surface area contributed by atoms with E-state index in [1.165, 1.54) is 24.0 Å². The molecule has 1 fully saturated rings. The zero-order valence-corrected chi connectivity index (χ0v) is 11.7. The lowest BCUT2D eigenvalue weighted by Gasteiger charge is -2.24. The second-order valence-corrected chi connectivity index (χ2v) is 6.48. The Balaban J connectivity index is 2.36. The standard InChI is InChI=1S/C16H24O/c1-11(2)12-6-9-15(17-13-7-8-13)14(10-12)16(3,4)5/h6,9-11,13H,7-8H2,1-5H3. The minimum atomic E-state index is 0.148. The van der Waals surface area contributed by atoms with Gasteiger partial charge < -0.3 is 4.74 Å². The molecule has 0 heterocycles. The SMILES string of the molecule is CC(C)c1ccc(OC2CC2)c(C(C)(C)C)c1. The van der Waals surface area contributed by atoms with Gasteiger partial charge in [0.15, 0.2) is 0 Å². The fraction of sp³-hybridized carbons (Fsp3) is 0.625. The number of hydrogen-bond donors (Lipinski definition) is 0. The summed E-state index contributed by atoms with van der Waals surface area (Å²) in [6.07, 6.45) is 2.91. The molecule has 1 aliphatic rings. The lowest BCUT2D eigenvalue weighted by Crippen LogP contribution is -2.14. The average molecular weight is 232 g/mol. The highest BCUT2D eigenvalue weighted by molar-refractivity contribution is 5.42. The topological polar surface area (TPSA) is 9.23 Å². The molecule has 0 N–H and O–H groups in total. The molecule has 1 saturated carbocycles. The lowest BCUT2D eigenvalue weighted by atomic mass is 9.84. The molecule has 0 amide bonds. The van der Waals surface area contributed by atoms with E-state index in [1.807, 2.05) is 0 Å². The second-order valence-electron chi connectivity index (χ2n) is 6.48. The molecule has 17 heavy (non-hydrogen) atoms. The van der Waals surface area contributed by atoms with Crippen molar-refractivity contribution >= 4 is 0 Å². The Morgan fingerprint density at radius 3 is 2.29 bits per heavy atom. The zero-order valence-electron chi connectivity index (χ0n) is 11.7. The Hall–Kier alpha value is -0.980. The summed E-state index contributed by atoms with van der Waals surface area (Å²) in [7, 11) is 0. The highest BCUT2D eigenvalue weighted by Gasteiger charge is 2.27. The third kappa shape index (κ3) is 3.02. The predicted octanol–water partition coefficient (Wildman–Crippen LogP) is 4.65. The van der Waals surface area contributed by atoms with Crippen LogP contribution in [0.2, 0.25) is 0 Å². The molecule has 0 aliphatic heterocycles. The van der Waals surface area contributed by atoms with Gasteiger partial charge in [0, 0.05) is 0 Å². The van der Waals surface area contributed by atoms with Crippen LogP contribution in [-0.2, 0) is 5.41 Å². The van der Waals surface area contributed by atoms with Crippen LogP contribution in [-0.4, -0.2) is 6.10 Å². The van der Waals surface area contributed by atoms with Crippen molar-refractivity contribution in [1.82, 2.24) is 0 Å². The van der Waals surface area contributed by atoms with Gasteiger partial charge in [0.05, 0.1) is 6.10 Å². The summed E-state index contributed by atoms with van der Waals surface area (Å²) in [6.45, 7) is 11.2. The third-order valence-electron chi connectivity index (χ3n) is 3.30. The van der Waals surface area contributed by atoms with E-state index in [9.17, 15) is 0 Å². The maximum absolute atomic E-state index is 6.02. The first-order chi connectivity index (χ1) is 7.88. The second kappa shape index (κ2) is 4.36. The van der Waals surface area contributed by atoms with Crippen molar-refractivity contribution in [3.8, 4) is 5.75 Å². The maximum Gasteiger partial charge on any atom is 0.123 e. The van der Waals surface area contributed by atoms with Crippen LogP contribution in [0.5, 0.6) is 5.75 Å². The Kier molecular flexibility index (Phi) is 3.20. The Morgan fingerprint density at radius 1 is 1.18 bits per heavy atom. The number of rotatable bonds is 3. The van der Waals surface area contributed by atoms with Crippen LogP contribution >= 0.6 is 0 Å². The maximum atomic E-state index is 6.02. The van der Waals surface area contributed by atoms with Gasteiger partial charge in [-0.15, -0.1) is 0 Å². The van der Waals surface area contributed by atoms with Gasteiger partial charge in [-0.2, -0.15) is 0 Å². The van der Waals surface area contributed by atoms with Crippen molar-refractivity contribution in [1.29, 1.82) is 0 Å². The van der Waals surface area contributed by atoms with Crippen LogP contribution in [0.15, 0.2) is 18.2 Å². The minimum absolute atomic E-state index is 0.148. The van der Waals surface area contributed by atoms with E-state index in [1.54, 1.807) is 0 Å². The average Bonchev–Trinajstić information content (AvgIpc) is 3.00. The predicted molar refractivity (Wildman–Crippen MR) is 72.9 cm³/mol. The Morgan fingerprint density at radius 2 is 1.82 bits per heavy atom. The van der Waals surface area contributed by atoms with E-state index in [-0.39, 0.29) is 5.41 Å². The molecular formula is C16H24O. The van der Waals surface area contributed by atoms with Crippen molar-refractivity contribution < 1.29 is 4.74 Å². The van der Waals surface area contributed by atoms with E-state index in [4.69, 9.17) is 4.74 Å². The normalized spacial score (nSPS) is 16.4. The highest BCUT2D eigenvalue weighted by Crippen LogP contribution is 2.37. The Bertz CT molecular complexity index is 394. The van der Waals surface area contributed by atoms with Gasteiger partial charge in [-0.05, 0) is 41.4 Å². The van der Waals surface area contributed by atoms with E-state index in [0.717, 1.165) is 5.75 Å². The first-order valence-corrected chi connectivity index (χ1v) is 6.69. The van der Waals surface area contributed by atoms with Gasteiger partial charge in [-0.3, -0.25) is 0 Å². The smallest absolute Gasteiger partial charge is 0.123 e. The van der Waals surface area contributed by atoms with Crippen LogP contribution in [0.1, 0.15) is 64.5 Å². The van der Waals surface area contributed by atoms with Crippen molar-refractivity contribution in [2.75, 3.05) is 0 Å². The van der Waals surface area contributed by atoms with Gasteiger partial charge in [-0.25, -0.2) is 0 Å². The fourth-order valence-electron chi connectivity index (χ4n) is 1.96. The van der Waals surface area contributed by atoms with Crippen molar-refractivity contribution in [2.45, 2.75) is 64.9 Å². The minimum Gasteiger partial charge on any atom is -0.490 e. The molecule has 2 rings (SSSR count). The molecule has 0 spiro atoms. The summed E-state index contributed by atoms with van der Waals surface area (Å²) >= 11 is 0. The number of ether oxygens (including phenoxy) is 1. The van der Waals surface area contributed by atoms with Gasteiger partial charge in [0.25, 0.3) is 0 Å². The molecule has 1 aromatic rings. The van der Waals surface area contributed by atoms with Crippen LogP contribution in [0.25, 0.3) is 0 Å². The van der Waals surface area contributed by atoms with Crippen LogP contribution in [0.3, 0.4) is 0 Å². The summed E-state index contributed by atoms with van der Waals surface area (Å²) < 4.78 is 6.02. The van der Waals surface area contributed by atoms with E-state index in [2.05, 4.69) is 52.8 Å². The summed E-state index contributed by atoms with van der Waals surface area (Å²) in [5.41, 5.74) is 2.89. The van der Waals surface area contributed by atoms with Crippen molar-refractivity contribution in [2.24, 2.45) is 0 Å². The van der Waals surface area contributed by atoms with E-state index >= 15 is 0 Å². The summed E-state index contributed by atoms with van der Waals surface area (Å²) in [4.78, 5) is 0. The summed E-state index contributed by atoms with van der Waals surface area (Å²) in [5.74, 6) is 1.66. The molecule has 94 valence electrons. The van der Waals surface area contributed by atoms with Gasteiger partial charge in [0.2, 0.25) is 0 Å². The molecule has 0 atom stereocenters. The van der Waals surface area contributed by atoms with Gasteiger partial charge >= 0.3 is 0 Å². The fourth-order valence-corrected chi connectivity index (χ4v) is 1.96. The van der Waals surface area contributed by atoms with Crippen LogP contribution < -0.4 is 4.74 Å². The molecule has 1 heteroatoms. The highest BCUT2D eigenvalue weighted by atomic mass is 16.5. The molecule has 0 saturated heterocycles.